The lowest BCUT2D eigenvalue weighted by Gasteiger charge is -2.31. The molecule has 2 aliphatic rings. The topological polar surface area (TPSA) is 117 Å². The largest absolute Gasteiger partial charge is 0.341 e. The molecule has 10 nitrogen and oxygen atoms in total. The number of imidazole rings is 1. The maximum Gasteiger partial charge on any atom is 0.333 e. The third-order valence-corrected chi connectivity index (χ3v) is 7.25. The second-order valence-electron chi connectivity index (χ2n) is 9.96. The lowest BCUT2D eigenvalue weighted by molar-refractivity contribution is 0.496. The van der Waals surface area contributed by atoms with Crippen LogP contribution in [0.4, 0.5) is 5.95 Å². The molecule has 0 spiro atoms. The summed E-state index contributed by atoms with van der Waals surface area (Å²) >= 11 is 0. The van der Waals surface area contributed by atoms with Gasteiger partial charge in [-0.3, -0.25) is 18.5 Å². The molecule has 37 heavy (non-hydrogen) atoms. The van der Waals surface area contributed by atoms with E-state index >= 15 is 0 Å². The van der Waals surface area contributed by atoms with Crippen molar-refractivity contribution in [2.45, 2.75) is 64.7 Å². The van der Waals surface area contributed by atoms with Crippen molar-refractivity contribution >= 4 is 28.0 Å². The molecule has 2 N–H and O–H groups in total. The number of nitrogens with zero attached hydrogens (tertiary/aromatic N) is 7. The Morgan fingerprint density at radius 3 is 2.65 bits per heavy atom. The van der Waals surface area contributed by atoms with Gasteiger partial charge in [0.05, 0.1) is 18.6 Å². The first-order valence-corrected chi connectivity index (χ1v) is 12.8. The number of hydrogen-bond donors (Lipinski definition) is 1. The molecule has 0 amide bonds. The monoisotopic (exact) mass is 498 g/mol. The fourth-order valence-corrected chi connectivity index (χ4v) is 5.29. The summed E-state index contributed by atoms with van der Waals surface area (Å²) in [4.78, 5) is 44.0. The van der Waals surface area contributed by atoms with E-state index in [1.165, 1.54) is 4.57 Å². The van der Waals surface area contributed by atoms with Crippen LogP contribution in [0.1, 0.15) is 50.2 Å². The van der Waals surface area contributed by atoms with Crippen molar-refractivity contribution in [1.82, 2.24) is 28.7 Å². The number of nitrogens with two attached hydrogens (primary N) is 1. The van der Waals surface area contributed by atoms with Crippen molar-refractivity contribution in [3.05, 3.63) is 56.6 Å². The molecule has 1 aliphatic carbocycles. The minimum atomic E-state index is -0.399. The van der Waals surface area contributed by atoms with Crippen LogP contribution in [-0.2, 0) is 13.1 Å². The average molecular weight is 499 g/mol. The van der Waals surface area contributed by atoms with Crippen molar-refractivity contribution in [2.24, 2.45) is 5.73 Å². The Morgan fingerprint density at radius 2 is 1.89 bits per heavy atom. The van der Waals surface area contributed by atoms with Crippen LogP contribution in [0, 0.1) is 18.8 Å². The Labute approximate surface area is 213 Å². The predicted octanol–water partition coefficient (Wildman–Crippen LogP) is 1.95. The van der Waals surface area contributed by atoms with Crippen LogP contribution >= 0.6 is 0 Å². The van der Waals surface area contributed by atoms with Gasteiger partial charge in [-0.25, -0.2) is 14.8 Å². The number of para-hydroxylation sites is 1. The quantitative estimate of drug-likeness (QED) is 0.418. The molecule has 1 saturated heterocycles. The Hall–Kier alpha value is -3.97. The highest BCUT2D eigenvalue weighted by atomic mass is 16.2. The number of fused-ring (bicyclic) bond motifs is 2. The second kappa shape index (κ2) is 9.16. The molecule has 1 aliphatic heterocycles. The van der Waals surface area contributed by atoms with Crippen LogP contribution in [0.15, 0.2) is 33.9 Å². The number of aryl methyl sites for hydroxylation is 1. The van der Waals surface area contributed by atoms with Gasteiger partial charge in [0.15, 0.2) is 11.2 Å². The summed E-state index contributed by atoms with van der Waals surface area (Å²) in [6, 6.07) is 7.80. The first-order chi connectivity index (χ1) is 18.0. The molecule has 1 aromatic carbocycles. The zero-order valence-electron chi connectivity index (χ0n) is 21.1. The molecule has 0 radical (unpaired) electrons. The van der Waals surface area contributed by atoms with Crippen LogP contribution in [0.3, 0.4) is 0 Å². The van der Waals surface area contributed by atoms with Crippen molar-refractivity contribution in [2.75, 3.05) is 18.0 Å². The van der Waals surface area contributed by atoms with E-state index in [1.54, 1.807) is 11.5 Å². The van der Waals surface area contributed by atoms with Gasteiger partial charge < -0.3 is 10.6 Å². The minimum Gasteiger partial charge on any atom is -0.341 e. The van der Waals surface area contributed by atoms with Crippen LogP contribution < -0.4 is 21.9 Å². The standard InChI is InChI=1S/C27H30N8O2/c1-3-4-14-33-23-24(31-26(33)32-13-7-8-18(28)15-32)35(19-11-12-19)27(37)34(25(23)36)16-22-29-17(2)20-9-5-6-10-21(20)30-22/h5-6,9-10,18-19H,7-8,11-16,28H2,1-2H3. The predicted molar refractivity (Wildman–Crippen MR) is 143 cm³/mol. The molecule has 190 valence electrons. The summed E-state index contributed by atoms with van der Waals surface area (Å²) in [5.74, 6) is 7.10. The Kier molecular flexibility index (Phi) is 5.80. The third kappa shape index (κ3) is 4.09. The summed E-state index contributed by atoms with van der Waals surface area (Å²) < 4.78 is 4.80. The van der Waals surface area contributed by atoms with Gasteiger partial charge in [-0.1, -0.05) is 24.1 Å². The minimum absolute atomic E-state index is 0.0133. The number of aromatic nitrogens is 6. The molecule has 1 atom stereocenters. The average Bonchev–Trinajstić information content (AvgIpc) is 3.65. The highest BCUT2D eigenvalue weighted by Gasteiger charge is 2.33. The van der Waals surface area contributed by atoms with E-state index < -0.39 is 5.56 Å². The van der Waals surface area contributed by atoms with Gasteiger partial charge in [-0.15, -0.1) is 5.92 Å². The number of piperidine rings is 1. The van der Waals surface area contributed by atoms with Crippen molar-refractivity contribution in [3.8, 4) is 11.8 Å². The Balaban J connectivity index is 1.56. The number of anilines is 1. The van der Waals surface area contributed by atoms with Crippen molar-refractivity contribution < 1.29 is 0 Å². The van der Waals surface area contributed by atoms with Gasteiger partial charge in [-0.05, 0) is 45.6 Å². The number of hydrogen-bond acceptors (Lipinski definition) is 7. The molecule has 1 saturated carbocycles. The first kappa shape index (κ1) is 23.4. The van der Waals surface area contributed by atoms with Crippen LogP contribution in [0.5, 0.6) is 0 Å². The normalized spacial score (nSPS) is 17.8. The van der Waals surface area contributed by atoms with E-state index in [9.17, 15) is 9.59 Å². The molecular formula is C27H30N8O2. The molecule has 0 bridgehead atoms. The van der Waals surface area contributed by atoms with Crippen molar-refractivity contribution in [1.29, 1.82) is 0 Å². The molecule has 10 heteroatoms. The van der Waals surface area contributed by atoms with E-state index in [-0.39, 0.29) is 24.3 Å². The van der Waals surface area contributed by atoms with E-state index in [2.05, 4.69) is 26.7 Å². The molecule has 3 aromatic heterocycles. The lowest BCUT2D eigenvalue weighted by atomic mass is 10.1. The van der Waals surface area contributed by atoms with Gasteiger partial charge in [0, 0.05) is 36.3 Å². The van der Waals surface area contributed by atoms with Gasteiger partial charge in [0.2, 0.25) is 5.95 Å². The summed E-state index contributed by atoms with van der Waals surface area (Å²) in [5, 5.41) is 0.949. The summed E-state index contributed by atoms with van der Waals surface area (Å²) in [5.41, 5.74) is 7.91. The Bertz CT molecular complexity index is 1700. The van der Waals surface area contributed by atoms with E-state index in [0.29, 0.717) is 36.0 Å². The fraction of sp³-hybridized carbons (Fsp3) is 0.444. The molecular weight excluding hydrogens is 468 g/mol. The number of benzene rings is 1. The van der Waals surface area contributed by atoms with Crippen LogP contribution in [0.2, 0.25) is 0 Å². The smallest absolute Gasteiger partial charge is 0.333 e. The molecule has 1 unspecified atom stereocenters. The SMILES string of the molecule is CC#CCn1c(N2CCCC(N)C2)nc2c1c(=O)n(Cc1nc(C)c3ccccc3n1)c(=O)n2C1CC1. The molecule has 4 aromatic rings. The fourth-order valence-electron chi connectivity index (χ4n) is 5.29. The molecule has 4 heterocycles. The van der Waals surface area contributed by atoms with Crippen LogP contribution in [0.25, 0.3) is 22.1 Å². The van der Waals surface area contributed by atoms with E-state index in [4.69, 9.17) is 10.7 Å². The van der Waals surface area contributed by atoms with Crippen LogP contribution in [-0.4, -0.2) is 47.8 Å². The van der Waals surface area contributed by atoms with Gasteiger partial charge in [-0.2, -0.15) is 4.98 Å². The summed E-state index contributed by atoms with van der Waals surface area (Å²) in [6.07, 6.45) is 3.66. The van der Waals surface area contributed by atoms with Gasteiger partial charge in [0.1, 0.15) is 5.82 Å². The van der Waals surface area contributed by atoms with E-state index in [0.717, 1.165) is 48.8 Å². The zero-order chi connectivity index (χ0) is 25.7. The van der Waals surface area contributed by atoms with E-state index in [1.807, 2.05) is 35.8 Å². The zero-order valence-corrected chi connectivity index (χ0v) is 21.1. The van der Waals surface area contributed by atoms with Crippen molar-refractivity contribution in [3.63, 3.8) is 0 Å². The van der Waals surface area contributed by atoms with Gasteiger partial charge >= 0.3 is 5.69 Å². The lowest BCUT2D eigenvalue weighted by Crippen LogP contribution is -2.44. The highest BCUT2D eigenvalue weighted by molar-refractivity contribution is 5.80. The maximum absolute atomic E-state index is 14.0. The third-order valence-electron chi connectivity index (χ3n) is 7.25. The molecule has 6 rings (SSSR count). The first-order valence-electron chi connectivity index (χ1n) is 12.8. The maximum atomic E-state index is 14.0. The second-order valence-corrected chi connectivity index (χ2v) is 9.96. The molecule has 2 fully saturated rings. The number of rotatable bonds is 5. The van der Waals surface area contributed by atoms with Gasteiger partial charge in [0.25, 0.3) is 5.56 Å². The highest BCUT2D eigenvalue weighted by Crippen LogP contribution is 2.36. The Morgan fingerprint density at radius 1 is 1.08 bits per heavy atom. The summed E-state index contributed by atoms with van der Waals surface area (Å²) in [6.45, 7) is 5.42. The summed E-state index contributed by atoms with van der Waals surface area (Å²) in [7, 11) is 0.